The van der Waals surface area contributed by atoms with Gasteiger partial charge in [-0.3, -0.25) is 9.59 Å². The summed E-state index contributed by atoms with van der Waals surface area (Å²) in [7, 11) is 3.20. The van der Waals surface area contributed by atoms with Crippen molar-refractivity contribution >= 4 is 44.8 Å². The van der Waals surface area contributed by atoms with Crippen molar-refractivity contribution in [3.63, 3.8) is 0 Å². The van der Waals surface area contributed by atoms with Gasteiger partial charge in [0.1, 0.15) is 0 Å². The molecule has 0 aliphatic heterocycles. The first-order valence-corrected chi connectivity index (χ1v) is 14.8. The van der Waals surface area contributed by atoms with E-state index in [1.165, 1.54) is 0 Å². The van der Waals surface area contributed by atoms with Crippen LogP contribution in [0, 0.1) is 11.8 Å². The summed E-state index contributed by atoms with van der Waals surface area (Å²) in [5.41, 5.74) is 1.68. The molecule has 0 saturated carbocycles. The number of para-hydroxylation sites is 2. The summed E-state index contributed by atoms with van der Waals surface area (Å²) in [5.74, 6) is 0.311. The Labute approximate surface area is 213 Å². The van der Waals surface area contributed by atoms with Crippen LogP contribution >= 0.6 is 21.6 Å². The van der Waals surface area contributed by atoms with Gasteiger partial charge < -0.3 is 10.6 Å². The molecule has 0 aromatic heterocycles. The summed E-state index contributed by atoms with van der Waals surface area (Å²) in [6, 6.07) is 15.9. The molecule has 186 valence electrons. The minimum Gasteiger partial charge on any atom is -0.325 e. The maximum absolute atomic E-state index is 12.9. The van der Waals surface area contributed by atoms with E-state index in [0.29, 0.717) is 0 Å². The lowest BCUT2D eigenvalue weighted by Crippen LogP contribution is -2.23. The maximum Gasteiger partial charge on any atom is 0.227 e. The van der Waals surface area contributed by atoms with E-state index in [4.69, 9.17) is 0 Å². The Hall–Kier alpha value is -1.92. The zero-order valence-electron chi connectivity index (χ0n) is 21.1. The SMILES string of the molecule is CCCC(CCC)C(=O)Nc1ccccc1SSc1ccccc1NC(=O)C(CCC)CCC. The second-order valence-corrected chi connectivity index (χ2v) is 10.9. The third-order valence-electron chi connectivity index (χ3n) is 5.80. The molecule has 2 aromatic rings. The minimum atomic E-state index is 0.0517. The second-order valence-electron chi connectivity index (χ2n) is 8.69. The molecule has 34 heavy (non-hydrogen) atoms. The molecule has 6 heteroatoms. The Kier molecular flexibility index (Phi) is 13.2. The van der Waals surface area contributed by atoms with Gasteiger partial charge >= 0.3 is 0 Å². The lowest BCUT2D eigenvalue weighted by Gasteiger charge is -2.18. The summed E-state index contributed by atoms with van der Waals surface area (Å²) in [5, 5.41) is 6.33. The Balaban J connectivity index is 2.11. The standard InChI is InChI=1S/C28H40N2O2S2/c1-5-13-21(14-6-2)27(31)29-23-17-9-11-19-25(23)33-34-26-20-12-10-18-24(26)30-28(32)22(15-7-3)16-8-4/h9-12,17-22H,5-8,13-16H2,1-4H3,(H,29,31)(H,30,32). The van der Waals surface area contributed by atoms with Crippen LogP contribution in [0.1, 0.15) is 79.1 Å². The third-order valence-corrected chi connectivity index (χ3v) is 8.28. The lowest BCUT2D eigenvalue weighted by atomic mass is 9.97. The van der Waals surface area contributed by atoms with Crippen LogP contribution in [-0.2, 0) is 9.59 Å². The van der Waals surface area contributed by atoms with Crippen molar-refractivity contribution in [1.82, 2.24) is 0 Å². The van der Waals surface area contributed by atoms with Crippen molar-refractivity contribution in [1.29, 1.82) is 0 Å². The van der Waals surface area contributed by atoms with Crippen LogP contribution in [0.25, 0.3) is 0 Å². The molecule has 2 aromatic carbocycles. The fraction of sp³-hybridized carbons (Fsp3) is 0.500. The van der Waals surface area contributed by atoms with Crippen LogP contribution < -0.4 is 10.6 Å². The number of hydrogen-bond acceptors (Lipinski definition) is 4. The van der Waals surface area contributed by atoms with E-state index in [2.05, 4.69) is 38.3 Å². The molecule has 2 amide bonds. The molecule has 0 aliphatic carbocycles. The van der Waals surface area contributed by atoms with E-state index in [1.54, 1.807) is 21.6 Å². The van der Waals surface area contributed by atoms with Gasteiger partial charge in [0.2, 0.25) is 11.8 Å². The number of anilines is 2. The Morgan fingerprint density at radius 2 is 0.941 bits per heavy atom. The second kappa shape index (κ2) is 15.9. The minimum absolute atomic E-state index is 0.0517. The molecular weight excluding hydrogens is 460 g/mol. The first-order valence-electron chi connectivity index (χ1n) is 12.7. The topological polar surface area (TPSA) is 58.2 Å². The van der Waals surface area contributed by atoms with Gasteiger partial charge in [0.25, 0.3) is 0 Å². The molecule has 4 nitrogen and oxygen atoms in total. The van der Waals surface area contributed by atoms with Gasteiger partial charge in [-0.15, -0.1) is 0 Å². The number of carbonyl (C=O) groups is 2. The summed E-state index contributed by atoms with van der Waals surface area (Å²) in [6.45, 7) is 8.50. The smallest absolute Gasteiger partial charge is 0.227 e. The van der Waals surface area contributed by atoms with Crippen LogP contribution in [0.3, 0.4) is 0 Å². The van der Waals surface area contributed by atoms with Crippen LogP contribution in [0.4, 0.5) is 11.4 Å². The van der Waals surface area contributed by atoms with E-state index >= 15 is 0 Å². The zero-order valence-corrected chi connectivity index (χ0v) is 22.7. The average molecular weight is 501 g/mol. The summed E-state index contributed by atoms with van der Waals surface area (Å²) >= 11 is 0. The van der Waals surface area contributed by atoms with Crippen LogP contribution in [0.15, 0.2) is 58.3 Å². The molecule has 0 bridgehead atoms. The van der Waals surface area contributed by atoms with Gasteiger partial charge in [-0.25, -0.2) is 0 Å². The van der Waals surface area contributed by atoms with E-state index in [-0.39, 0.29) is 23.7 Å². The van der Waals surface area contributed by atoms with Crippen molar-refractivity contribution in [3.05, 3.63) is 48.5 Å². The highest BCUT2D eigenvalue weighted by Gasteiger charge is 2.19. The number of benzene rings is 2. The predicted octanol–water partition coefficient (Wildman–Crippen LogP) is 8.80. The van der Waals surface area contributed by atoms with Gasteiger partial charge in [-0.2, -0.15) is 0 Å². The molecule has 0 fully saturated rings. The lowest BCUT2D eigenvalue weighted by molar-refractivity contribution is -0.121. The Morgan fingerprint density at radius 3 is 1.26 bits per heavy atom. The van der Waals surface area contributed by atoms with E-state index in [9.17, 15) is 9.59 Å². The number of nitrogens with one attached hydrogen (secondary N) is 2. The van der Waals surface area contributed by atoms with E-state index < -0.39 is 0 Å². The van der Waals surface area contributed by atoms with Gasteiger partial charge in [-0.05, 0) is 49.9 Å². The largest absolute Gasteiger partial charge is 0.325 e. The van der Waals surface area contributed by atoms with E-state index in [0.717, 1.165) is 72.5 Å². The molecule has 0 saturated heterocycles. The molecule has 0 unspecified atom stereocenters. The normalized spacial score (nSPS) is 11.1. The quantitative estimate of drug-likeness (QED) is 0.240. The van der Waals surface area contributed by atoms with Crippen LogP contribution in [0.5, 0.6) is 0 Å². The van der Waals surface area contributed by atoms with Gasteiger partial charge in [0, 0.05) is 21.6 Å². The maximum atomic E-state index is 12.9. The Morgan fingerprint density at radius 1 is 0.618 bits per heavy atom. The van der Waals surface area contributed by atoms with Crippen molar-refractivity contribution in [2.45, 2.75) is 88.9 Å². The molecule has 2 N–H and O–H groups in total. The van der Waals surface area contributed by atoms with Gasteiger partial charge in [-0.1, -0.05) is 99.2 Å². The van der Waals surface area contributed by atoms with Gasteiger partial charge in [0.15, 0.2) is 0 Å². The summed E-state index contributed by atoms with van der Waals surface area (Å²) < 4.78 is 0. The molecule has 0 spiro atoms. The fourth-order valence-electron chi connectivity index (χ4n) is 4.05. The van der Waals surface area contributed by atoms with Crippen LogP contribution in [-0.4, -0.2) is 11.8 Å². The monoisotopic (exact) mass is 500 g/mol. The summed E-state index contributed by atoms with van der Waals surface area (Å²) in [6.07, 6.45) is 7.66. The molecule has 0 heterocycles. The summed E-state index contributed by atoms with van der Waals surface area (Å²) in [4.78, 5) is 27.8. The number of carbonyl (C=O) groups excluding carboxylic acids is 2. The third kappa shape index (κ3) is 9.03. The Bertz CT molecular complexity index is 818. The first kappa shape index (κ1) is 28.3. The van der Waals surface area contributed by atoms with Gasteiger partial charge in [0.05, 0.1) is 11.4 Å². The highest BCUT2D eigenvalue weighted by molar-refractivity contribution is 8.76. The molecule has 0 atom stereocenters. The molecule has 0 aliphatic rings. The van der Waals surface area contributed by atoms with Crippen molar-refractivity contribution < 1.29 is 9.59 Å². The highest BCUT2D eigenvalue weighted by atomic mass is 33.1. The predicted molar refractivity (Wildman–Crippen MR) is 148 cm³/mol. The number of rotatable bonds is 15. The zero-order chi connectivity index (χ0) is 24.8. The molecule has 0 radical (unpaired) electrons. The fourth-order valence-corrected chi connectivity index (χ4v) is 6.33. The van der Waals surface area contributed by atoms with E-state index in [1.807, 2.05) is 48.5 Å². The molecule has 2 rings (SSSR count). The first-order chi connectivity index (χ1) is 16.5. The average Bonchev–Trinajstić information content (AvgIpc) is 2.84. The van der Waals surface area contributed by atoms with Crippen molar-refractivity contribution in [2.24, 2.45) is 11.8 Å². The van der Waals surface area contributed by atoms with Crippen molar-refractivity contribution in [2.75, 3.05) is 10.6 Å². The number of hydrogen-bond donors (Lipinski definition) is 2. The van der Waals surface area contributed by atoms with Crippen molar-refractivity contribution in [3.8, 4) is 0 Å². The highest BCUT2D eigenvalue weighted by Crippen LogP contribution is 2.43. The van der Waals surface area contributed by atoms with Crippen LogP contribution in [0.2, 0.25) is 0 Å². The molecular formula is C28H40N2O2S2. The number of amides is 2.